The van der Waals surface area contributed by atoms with Crippen LogP contribution in [0.5, 0.6) is 5.75 Å². The molecule has 0 radical (unpaired) electrons. The number of halogens is 1. The second-order valence-corrected chi connectivity index (χ2v) is 3.95. The summed E-state index contributed by atoms with van der Waals surface area (Å²) in [7, 11) is 1.61. The summed E-state index contributed by atoms with van der Waals surface area (Å²) in [6.07, 6.45) is 3.40. The first kappa shape index (κ1) is 11.9. The molecule has 1 aromatic heterocycles. The number of hydrogen-bond donors (Lipinski definition) is 1. The van der Waals surface area contributed by atoms with E-state index in [0.29, 0.717) is 10.6 Å². The van der Waals surface area contributed by atoms with Crippen molar-refractivity contribution in [2.24, 2.45) is 0 Å². The van der Waals surface area contributed by atoms with Crippen LogP contribution in [-0.2, 0) is 6.61 Å². The van der Waals surface area contributed by atoms with Gasteiger partial charge < -0.3 is 9.84 Å². The SMILES string of the molecule is COc1ccncc1-c1ccc(CO)c(Cl)c1. The highest BCUT2D eigenvalue weighted by atomic mass is 35.5. The largest absolute Gasteiger partial charge is 0.496 e. The molecule has 17 heavy (non-hydrogen) atoms. The Morgan fingerprint density at radius 2 is 2.18 bits per heavy atom. The van der Waals surface area contributed by atoms with Crippen LogP contribution >= 0.6 is 11.6 Å². The van der Waals surface area contributed by atoms with Crippen molar-refractivity contribution in [1.82, 2.24) is 4.98 Å². The number of benzene rings is 1. The second kappa shape index (κ2) is 5.17. The standard InChI is InChI=1S/C13H12ClNO2/c1-17-13-4-5-15-7-11(13)9-2-3-10(8-16)12(14)6-9/h2-7,16H,8H2,1H3. The first-order valence-electron chi connectivity index (χ1n) is 5.14. The molecule has 3 nitrogen and oxygen atoms in total. The van der Waals surface area contributed by atoms with E-state index in [2.05, 4.69) is 4.98 Å². The minimum Gasteiger partial charge on any atom is -0.496 e. The number of aliphatic hydroxyl groups excluding tert-OH is 1. The van der Waals surface area contributed by atoms with Crippen LogP contribution in [0.4, 0.5) is 0 Å². The molecular formula is C13H12ClNO2. The van der Waals surface area contributed by atoms with Crippen molar-refractivity contribution in [3.05, 3.63) is 47.2 Å². The molecule has 0 unspecified atom stereocenters. The quantitative estimate of drug-likeness (QED) is 0.910. The van der Waals surface area contributed by atoms with Gasteiger partial charge in [0, 0.05) is 23.0 Å². The lowest BCUT2D eigenvalue weighted by Crippen LogP contribution is -1.90. The molecule has 0 aliphatic rings. The number of aromatic nitrogens is 1. The van der Waals surface area contributed by atoms with Crippen LogP contribution < -0.4 is 4.74 Å². The van der Waals surface area contributed by atoms with E-state index < -0.39 is 0 Å². The van der Waals surface area contributed by atoms with Gasteiger partial charge in [-0.05, 0) is 23.3 Å². The summed E-state index contributed by atoms with van der Waals surface area (Å²) in [6.45, 7) is -0.0662. The zero-order valence-corrected chi connectivity index (χ0v) is 10.1. The van der Waals surface area contributed by atoms with E-state index in [4.69, 9.17) is 21.4 Å². The summed E-state index contributed by atoms with van der Waals surface area (Å²) in [4.78, 5) is 4.07. The smallest absolute Gasteiger partial charge is 0.129 e. The van der Waals surface area contributed by atoms with E-state index in [-0.39, 0.29) is 6.61 Å². The van der Waals surface area contributed by atoms with Gasteiger partial charge in [-0.2, -0.15) is 0 Å². The summed E-state index contributed by atoms with van der Waals surface area (Å²) in [6, 6.07) is 7.27. The summed E-state index contributed by atoms with van der Waals surface area (Å²) >= 11 is 6.05. The third-order valence-corrected chi connectivity index (χ3v) is 2.89. The highest BCUT2D eigenvalue weighted by Gasteiger charge is 2.07. The number of ether oxygens (including phenoxy) is 1. The summed E-state index contributed by atoms with van der Waals surface area (Å²) in [5, 5.41) is 9.60. The summed E-state index contributed by atoms with van der Waals surface area (Å²) < 4.78 is 5.26. The molecule has 1 heterocycles. The fourth-order valence-corrected chi connectivity index (χ4v) is 1.86. The zero-order valence-electron chi connectivity index (χ0n) is 9.35. The van der Waals surface area contributed by atoms with Gasteiger partial charge in [-0.3, -0.25) is 4.98 Å². The van der Waals surface area contributed by atoms with Gasteiger partial charge in [-0.1, -0.05) is 23.7 Å². The average molecular weight is 250 g/mol. The predicted molar refractivity (Wildman–Crippen MR) is 67.2 cm³/mol. The maximum absolute atomic E-state index is 9.06. The Labute approximate surface area is 105 Å². The minimum absolute atomic E-state index is 0.0662. The third kappa shape index (κ3) is 2.40. The fourth-order valence-electron chi connectivity index (χ4n) is 1.62. The normalized spacial score (nSPS) is 10.3. The van der Waals surface area contributed by atoms with Crippen LogP contribution in [0.1, 0.15) is 5.56 Å². The summed E-state index contributed by atoms with van der Waals surface area (Å²) in [5.74, 6) is 0.743. The maximum Gasteiger partial charge on any atom is 0.129 e. The minimum atomic E-state index is -0.0662. The van der Waals surface area contributed by atoms with Crippen molar-refractivity contribution < 1.29 is 9.84 Å². The topological polar surface area (TPSA) is 42.4 Å². The number of hydrogen-bond acceptors (Lipinski definition) is 3. The lowest BCUT2D eigenvalue weighted by molar-refractivity contribution is 0.282. The van der Waals surface area contributed by atoms with E-state index in [0.717, 1.165) is 16.9 Å². The zero-order chi connectivity index (χ0) is 12.3. The van der Waals surface area contributed by atoms with Crippen molar-refractivity contribution in [1.29, 1.82) is 0 Å². The number of pyridine rings is 1. The number of rotatable bonds is 3. The molecule has 2 rings (SSSR count). The predicted octanol–water partition coefficient (Wildman–Crippen LogP) is 2.90. The maximum atomic E-state index is 9.06. The Kier molecular flexibility index (Phi) is 3.61. The molecule has 0 fully saturated rings. The van der Waals surface area contributed by atoms with E-state index in [9.17, 15) is 0 Å². The Morgan fingerprint density at radius 3 is 2.82 bits per heavy atom. The van der Waals surface area contributed by atoms with Gasteiger partial charge in [0.1, 0.15) is 5.75 Å². The molecule has 1 N–H and O–H groups in total. The number of nitrogens with zero attached hydrogens (tertiary/aromatic N) is 1. The average Bonchev–Trinajstić information content (AvgIpc) is 2.38. The Balaban J connectivity index is 2.49. The Bertz CT molecular complexity index is 529. The molecule has 0 amide bonds. The van der Waals surface area contributed by atoms with Crippen molar-refractivity contribution >= 4 is 11.6 Å². The monoisotopic (exact) mass is 249 g/mol. The third-order valence-electron chi connectivity index (χ3n) is 2.54. The highest BCUT2D eigenvalue weighted by Crippen LogP contribution is 2.31. The molecule has 0 spiro atoms. The van der Waals surface area contributed by atoms with E-state index in [1.165, 1.54) is 0 Å². The lowest BCUT2D eigenvalue weighted by Gasteiger charge is -2.09. The van der Waals surface area contributed by atoms with E-state index in [1.54, 1.807) is 37.7 Å². The van der Waals surface area contributed by atoms with E-state index in [1.807, 2.05) is 6.07 Å². The van der Waals surface area contributed by atoms with Crippen molar-refractivity contribution in [3.8, 4) is 16.9 Å². The van der Waals surface area contributed by atoms with Crippen LogP contribution in [0.3, 0.4) is 0 Å². The molecule has 0 atom stereocenters. The van der Waals surface area contributed by atoms with Crippen LogP contribution in [0.25, 0.3) is 11.1 Å². The van der Waals surface area contributed by atoms with Gasteiger partial charge in [0.2, 0.25) is 0 Å². The lowest BCUT2D eigenvalue weighted by atomic mass is 10.0. The highest BCUT2D eigenvalue weighted by molar-refractivity contribution is 6.31. The molecule has 0 aliphatic carbocycles. The first-order chi connectivity index (χ1) is 8.26. The van der Waals surface area contributed by atoms with Gasteiger partial charge >= 0.3 is 0 Å². The van der Waals surface area contributed by atoms with E-state index >= 15 is 0 Å². The Morgan fingerprint density at radius 1 is 1.35 bits per heavy atom. The van der Waals surface area contributed by atoms with Crippen molar-refractivity contribution in [3.63, 3.8) is 0 Å². The van der Waals surface area contributed by atoms with Gasteiger partial charge in [0.05, 0.1) is 13.7 Å². The molecule has 1 aromatic carbocycles. The second-order valence-electron chi connectivity index (χ2n) is 3.54. The molecule has 0 aliphatic heterocycles. The van der Waals surface area contributed by atoms with Crippen molar-refractivity contribution in [2.75, 3.05) is 7.11 Å². The van der Waals surface area contributed by atoms with Crippen LogP contribution in [0, 0.1) is 0 Å². The number of aliphatic hydroxyl groups is 1. The first-order valence-corrected chi connectivity index (χ1v) is 5.51. The summed E-state index contributed by atoms with van der Waals surface area (Å²) in [5.41, 5.74) is 2.50. The van der Waals surface area contributed by atoms with Crippen LogP contribution in [0.15, 0.2) is 36.7 Å². The Hall–Kier alpha value is -1.58. The van der Waals surface area contributed by atoms with Crippen LogP contribution in [0.2, 0.25) is 5.02 Å². The van der Waals surface area contributed by atoms with Gasteiger partial charge in [-0.25, -0.2) is 0 Å². The molecular weight excluding hydrogens is 238 g/mol. The van der Waals surface area contributed by atoms with Gasteiger partial charge in [0.15, 0.2) is 0 Å². The molecule has 0 saturated carbocycles. The van der Waals surface area contributed by atoms with Crippen molar-refractivity contribution in [2.45, 2.75) is 6.61 Å². The van der Waals surface area contributed by atoms with Gasteiger partial charge in [-0.15, -0.1) is 0 Å². The molecule has 88 valence electrons. The fraction of sp³-hybridized carbons (Fsp3) is 0.154. The van der Waals surface area contributed by atoms with Gasteiger partial charge in [0.25, 0.3) is 0 Å². The molecule has 2 aromatic rings. The van der Waals surface area contributed by atoms with Crippen LogP contribution in [-0.4, -0.2) is 17.2 Å². The number of methoxy groups -OCH3 is 1. The molecule has 0 bridgehead atoms. The molecule has 0 saturated heterocycles. The molecule has 4 heteroatoms.